The van der Waals surface area contributed by atoms with E-state index in [1.807, 2.05) is 18.2 Å². The van der Waals surface area contributed by atoms with Crippen LogP contribution in [0.25, 0.3) is 0 Å². The Morgan fingerprint density at radius 3 is 2.75 bits per heavy atom. The van der Waals surface area contributed by atoms with Crippen molar-refractivity contribution < 1.29 is 4.74 Å². The second-order valence-electron chi connectivity index (χ2n) is 6.01. The van der Waals surface area contributed by atoms with Crippen LogP contribution in [0.3, 0.4) is 0 Å². The summed E-state index contributed by atoms with van der Waals surface area (Å²) >= 11 is 12.4. The Morgan fingerprint density at radius 1 is 1.35 bits per heavy atom. The van der Waals surface area contributed by atoms with Gasteiger partial charge in [-0.05, 0) is 54.4 Å². The van der Waals surface area contributed by atoms with Crippen LogP contribution >= 0.6 is 23.2 Å². The topological polar surface area (TPSA) is 21.3 Å². The molecule has 4 heteroatoms. The molecule has 2 rings (SSSR count). The second kappa shape index (κ2) is 7.13. The van der Waals surface area contributed by atoms with E-state index in [9.17, 15) is 0 Å². The van der Waals surface area contributed by atoms with Crippen molar-refractivity contribution in [2.45, 2.75) is 26.2 Å². The molecule has 2 nitrogen and oxygen atoms in total. The first kappa shape index (κ1) is 16.1. The molecule has 0 amide bonds. The molecule has 1 aromatic rings. The van der Waals surface area contributed by atoms with E-state index in [4.69, 9.17) is 27.9 Å². The predicted octanol–water partition coefficient (Wildman–Crippen LogP) is 4.19. The van der Waals surface area contributed by atoms with Crippen molar-refractivity contribution in [2.75, 3.05) is 26.8 Å². The summed E-state index contributed by atoms with van der Waals surface area (Å²) in [7, 11) is 1.73. The van der Waals surface area contributed by atoms with Gasteiger partial charge in [-0.3, -0.25) is 0 Å². The van der Waals surface area contributed by atoms with E-state index >= 15 is 0 Å². The lowest BCUT2D eigenvalue weighted by Gasteiger charge is -2.31. The van der Waals surface area contributed by atoms with Crippen LogP contribution in [0.1, 0.15) is 25.3 Å². The standard InChI is InChI=1S/C16H23Cl2NO/c1-16(13-3-4-13,11-19-7-8-20-2)10-12-9-14(17)5-6-15(12)18/h5-6,9,13,19H,3-4,7-8,10-11H2,1-2H3. The Balaban J connectivity index is 2.02. The van der Waals surface area contributed by atoms with Crippen LogP contribution in [0, 0.1) is 11.3 Å². The van der Waals surface area contributed by atoms with Crippen LogP contribution in [-0.2, 0) is 11.2 Å². The maximum Gasteiger partial charge on any atom is 0.0587 e. The van der Waals surface area contributed by atoms with Crippen LogP contribution in [0.15, 0.2) is 18.2 Å². The molecule has 1 saturated carbocycles. The van der Waals surface area contributed by atoms with Gasteiger partial charge in [-0.1, -0.05) is 30.1 Å². The number of ether oxygens (including phenoxy) is 1. The van der Waals surface area contributed by atoms with Crippen molar-refractivity contribution >= 4 is 23.2 Å². The average molecular weight is 316 g/mol. The number of benzene rings is 1. The third kappa shape index (κ3) is 4.36. The van der Waals surface area contributed by atoms with E-state index in [-0.39, 0.29) is 5.41 Å². The summed E-state index contributed by atoms with van der Waals surface area (Å²) in [5.41, 5.74) is 1.39. The summed E-state index contributed by atoms with van der Waals surface area (Å²) in [5.74, 6) is 0.785. The molecule has 0 aromatic heterocycles. The zero-order valence-electron chi connectivity index (χ0n) is 12.2. The summed E-state index contributed by atoms with van der Waals surface area (Å²) in [4.78, 5) is 0. The maximum atomic E-state index is 6.31. The van der Waals surface area contributed by atoms with Crippen LogP contribution in [-0.4, -0.2) is 26.8 Å². The first-order valence-corrected chi connectivity index (χ1v) is 7.94. The molecule has 1 N–H and O–H groups in total. The fraction of sp³-hybridized carbons (Fsp3) is 0.625. The monoisotopic (exact) mass is 315 g/mol. The van der Waals surface area contributed by atoms with E-state index < -0.39 is 0 Å². The third-order valence-electron chi connectivity index (χ3n) is 4.18. The molecule has 0 spiro atoms. The van der Waals surface area contributed by atoms with Crippen molar-refractivity contribution in [1.29, 1.82) is 0 Å². The molecular weight excluding hydrogens is 293 g/mol. The molecule has 0 saturated heterocycles. The van der Waals surface area contributed by atoms with E-state index in [2.05, 4.69) is 12.2 Å². The lowest BCUT2D eigenvalue weighted by atomic mass is 9.79. The molecule has 0 aliphatic heterocycles. The smallest absolute Gasteiger partial charge is 0.0587 e. The number of hydrogen-bond acceptors (Lipinski definition) is 2. The molecule has 0 radical (unpaired) electrons. The highest BCUT2D eigenvalue weighted by molar-refractivity contribution is 6.33. The minimum atomic E-state index is 0.238. The minimum Gasteiger partial charge on any atom is -0.383 e. The summed E-state index contributed by atoms with van der Waals surface area (Å²) in [6.45, 7) is 4.98. The van der Waals surface area contributed by atoms with Gasteiger partial charge in [0.25, 0.3) is 0 Å². The third-order valence-corrected chi connectivity index (χ3v) is 4.78. The van der Waals surface area contributed by atoms with Crippen LogP contribution in [0.4, 0.5) is 0 Å². The van der Waals surface area contributed by atoms with E-state index in [1.54, 1.807) is 7.11 Å². The summed E-state index contributed by atoms with van der Waals surface area (Å²) in [5, 5.41) is 5.08. The summed E-state index contributed by atoms with van der Waals surface area (Å²) in [6.07, 6.45) is 3.61. The molecule has 1 fully saturated rings. The summed E-state index contributed by atoms with van der Waals surface area (Å²) in [6, 6.07) is 5.74. The van der Waals surface area contributed by atoms with Gasteiger partial charge in [0, 0.05) is 30.2 Å². The van der Waals surface area contributed by atoms with Crippen molar-refractivity contribution in [2.24, 2.45) is 11.3 Å². The molecule has 1 aliphatic carbocycles. The Hall–Kier alpha value is -0.280. The van der Waals surface area contributed by atoms with Crippen LogP contribution in [0.5, 0.6) is 0 Å². The molecule has 1 aliphatic rings. The second-order valence-corrected chi connectivity index (χ2v) is 6.85. The Morgan fingerprint density at radius 2 is 2.10 bits per heavy atom. The number of nitrogens with one attached hydrogen (secondary N) is 1. The molecule has 112 valence electrons. The number of halogens is 2. The highest BCUT2D eigenvalue weighted by atomic mass is 35.5. The maximum absolute atomic E-state index is 6.31. The minimum absolute atomic E-state index is 0.238. The SMILES string of the molecule is COCCNCC(C)(Cc1cc(Cl)ccc1Cl)C1CC1. The van der Waals surface area contributed by atoms with Gasteiger partial charge in [0.2, 0.25) is 0 Å². The molecule has 0 bridgehead atoms. The Bertz CT molecular complexity index is 448. The molecule has 1 aromatic carbocycles. The largest absolute Gasteiger partial charge is 0.383 e. The Kier molecular flexibility index (Phi) is 5.74. The number of methoxy groups -OCH3 is 1. The zero-order chi connectivity index (χ0) is 14.6. The van der Waals surface area contributed by atoms with Crippen molar-refractivity contribution in [3.8, 4) is 0 Å². The molecule has 20 heavy (non-hydrogen) atoms. The first-order valence-electron chi connectivity index (χ1n) is 7.19. The quantitative estimate of drug-likeness (QED) is 0.726. The predicted molar refractivity (Wildman–Crippen MR) is 85.7 cm³/mol. The van der Waals surface area contributed by atoms with Gasteiger partial charge in [-0.25, -0.2) is 0 Å². The van der Waals surface area contributed by atoms with E-state index in [1.165, 1.54) is 12.8 Å². The first-order chi connectivity index (χ1) is 9.55. The van der Waals surface area contributed by atoms with Gasteiger partial charge in [-0.15, -0.1) is 0 Å². The highest BCUT2D eigenvalue weighted by Crippen LogP contribution is 2.47. The van der Waals surface area contributed by atoms with Gasteiger partial charge in [-0.2, -0.15) is 0 Å². The van der Waals surface area contributed by atoms with Gasteiger partial charge < -0.3 is 10.1 Å². The fourth-order valence-corrected chi connectivity index (χ4v) is 3.17. The number of hydrogen-bond donors (Lipinski definition) is 1. The van der Waals surface area contributed by atoms with E-state index in [0.29, 0.717) is 0 Å². The van der Waals surface area contributed by atoms with Gasteiger partial charge in [0.15, 0.2) is 0 Å². The Labute approximate surface area is 131 Å². The lowest BCUT2D eigenvalue weighted by Crippen LogP contribution is -2.37. The molecule has 1 atom stereocenters. The normalized spacial score (nSPS) is 18.0. The van der Waals surface area contributed by atoms with Crippen LogP contribution in [0.2, 0.25) is 10.0 Å². The highest BCUT2D eigenvalue weighted by Gasteiger charge is 2.41. The van der Waals surface area contributed by atoms with Gasteiger partial charge >= 0.3 is 0 Å². The van der Waals surface area contributed by atoms with E-state index in [0.717, 1.165) is 47.6 Å². The fourth-order valence-electron chi connectivity index (χ4n) is 2.79. The zero-order valence-corrected chi connectivity index (χ0v) is 13.7. The van der Waals surface area contributed by atoms with Gasteiger partial charge in [0.05, 0.1) is 6.61 Å². The average Bonchev–Trinajstić information content (AvgIpc) is 3.24. The number of rotatable bonds is 8. The van der Waals surface area contributed by atoms with Crippen molar-refractivity contribution in [1.82, 2.24) is 5.32 Å². The molecular formula is C16H23Cl2NO. The van der Waals surface area contributed by atoms with Crippen molar-refractivity contribution in [3.05, 3.63) is 33.8 Å². The van der Waals surface area contributed by atoms with Crippen LogP contribution < -0.4 is 5.32 Å². The lowest BCUT2D eigenvalue weighted by molar-refractivity contribution is 0.187. The van der Waals surface area contributed by atoms with Gasteiger partial charge in [0.1, 0.15) is 0 Å². The summed E-state index contributed by atoms with van der Waals surface area (Å²) < 4.78 is 5.08. The van der Waals surface area contributed by atoms with Crippen molar-refractivity contribution in [3.63, 3.8) is 0 Å². The molecule has 0 heterocycles. The molecule has 1 unspecified atom stereocenters.